The molecule has 0 aliphatic heterocycles. The molecule has 0 aromatic carbocycles. The van der Waals surface area contributed by atoms with Gasteiger partial charge in [0.15, 0.2) is 0 Å². The van der Waals surface area contributed by atoms with Crippen molar-refractivity contribution in [3.05, 3.63) is 12.2 Å². The van der Waals surface area contributed by atoms with Crippen LogP contribution in [0.3, 0.4) is 0 Å². The third-order valence-corrected chi connectivity index (χ3v) is 2.99. The average molecular weight is 319 g/mol. The van der Waals surface area contributed by atoms with E-state index >= 15 is 0 Å². The van der Waals surface area contributed by atoms with Gasteiger partial charge < -0.3 is 10.1 Å². The molecule has 0 spiro atoms. The number of nitrogens with one attached hydrogen (secondary N) is 1. The Hall–Kier alpha value is -0.950. The van der Waals surface area contributed by atoms with Crippen molar-refractivity contribution in [1.82, 2.24) is 20.1 Å². The Labute approximate surface area is 115 Å². The zero-order valence-electron chi connectivity index (χ0n) is 10.9. The van der Waals surface area contributed by atoms with Crippen LogP contribution in [0, 0.1) is 5.92 Å². The number of aromatic nitrogens is 3. The fourth-order valence-corrected chi connectivity index (χ4v) is 1.86. The Bertz CT molecular complexity index is 381. The van der Waals surface area contributed by atoms with E-state index < -0.39 is 0 Å². The van der Waals surface area contributed by atoms with Gasteiger partial charge in [0, 0.05) is 13.1 Å². The highest BCUT2D eigenvalue weighted by molar-refractivity contribution is 9.10. The van der Waals surface area contributed by atoms with Crippen LogP contribution in [-0.4, -0.2) is 39.2 Å². The Morgan fingerprint density at radius 2 is 2.33 bits per heavy atom. The van der Waals surface area contributed by atoms with E-state index in [0.29, 0.717) is 19.0 Å². The molecule has 18 heavy (non-hydrogen) atoms. The van der Waals surface area contributed by atoms with Gasteiger partial charge in [0.1, 0.15) is 17.0 Å². The number of carbonyl (C=O) groups excluding carboxylic acids is 1. The van der Waals surface area contributed by atoms with Gasteiger partial charge in [-0.1, -0.05) is 29.8 Å². The number of nitrogens with zero attached hydrogens (tertiary/aromatic N) is 3. The second kappa shape index (κ2) is 7.48. The quantitative estimate of drug-likeness (QED) is 0.599. The van der Waals surface area contributed by atoms with Crippen LogP contribution in [0.5, 0.6) is 0 Å². The summed E-state index contributed by atoms with van der Waals surface area (Å²) in [5, 5.41) is 7.31. The van der Waals surface area contributed by atoms with E-state index in [0.717, 1.165) is 12.4 Å². The fourth-order valence-electron chi connectivity index (χ4n) is 1.45. The van der Waals surface area contributed by atoms with Gasteiger partial charge in [-0.05, 0) is 5.92 Å². The van der Waals surface area contributed by atoms with Crippen LogP contribution in [0.25, 0.3) is 0 Å². The van der Waals surface area contributed by atoms with E-state index in [1.165, 1.54) is 7.11 Å². The van der Waals surface area contributed by atoms with Gasteiger partial charge in [-0.15, -0.1) is 0 Å². The summed E-state index contributed by atoms with van der Waals surface area (Å²) in [5.74, 6) is 1.10. The van der Waals surface area contributed by atoms with Gasteiger partial charge in [0.05, 0.1) is 13.7 Å². The van der Waals surface area contributed by atoms with E-state index in [-0.39, 0.29) is 10.8 Å². The van der Waals surface area contributed by atoms with Crippen LogP contribution in [-0.2, 0) is 22.6 Å². The van der Waals surface area contributed by atoms with Gasteiger partial charge in [-0.3, -0.25) is 4.79 Å². The molecule has 0 aliphatic rings. The van der Waals surface area contributed by atoms with Crippen LogP contribution in [0.15, 0.2) is 6.33 Å². The molecule has 0 aliphatic carbocycles. The molecule has 1 N–H and O–H groups in total. The fraction of sp³-hybridized carbons (Fsp3) is 0.727. The number of methoxy groups -OCH3 is 1. The standard InChI is InChI=1S/C11H19BrN4O2/c1-8(2)6-16-10(14-7-15-16)5-13-4-9(12)11(17)18-3/h7-9,13H,4-6H2,1-3H3. The van der Waals surface area contributed by atoms with Crippen molar-refractivity contribution in [2.45, 2.75) is 31.8 Å². The molecule has 0 fully saturated rings. The summed E-state index contributed by atoms with van der Waals surface area (Å²) in [6.07, 6.45) is 1.55. The molecule has 0 radical (unpaired) electrons. The van der Waals surface area contributed by atoms with Crippen molar-refractivity contribution in [2.75, 3.05) is 13.7 Å². The van der Waals surface area contributed by atoms with Crippen LogP contribution in [0.4, 0.5) is 0 Å². The number of rotatable bonds is 7. The molecule has 102 valence electrons. The van der Waals surface area contributed by atoms with Crippen molar-refractivity contribution in [2.24, 2.45) is 5.92 Å². The highest BCUT2D eigenvalue weighted by Crippen LogP contribution is 2.03. The number of carbonyl (C=O) groups is 1. The van der Waals surface area contributed by atoms with Crippen LogP contribution in [0.1, 0.15) is 19.7 Å². The second-order valence-corrected chi connectivity index (χ2v) is 5.48. The molecule has 0 bridgehead atoms. The summed E-state index contributed by atoms with van der Waals surface area (Å²) in [6, 6.07) is 0. The molecule has 0 saturated carbocycles. The molecule has 1 unspecified atom stereocenters. The van der Waals surface area contributed by atoms with Crippen molar-refractivity contribution in [3.8, 4) is 0 Å². The van der Waals surface area contributed by atoms with E-state index in [1.807, 2.05) is 4.68 Å². The van der Waals surface area contributed by atoms with Gasteiger partial charge >= 0.3 is 5.97 Å². The van der Waals surface area contributed by atoms with E-state index in [4.69, 9.17) is 0 Å². The summed E-state index contributed by atoms with van der Waals surface area (Å²) >= 11 is 3.25. The van der Waals surface area contributed by atoms with E-state index in [9.17, 15) is 4.79 Å². The van der Waals surface area contributed by atoms with Crippen LogP contribution >= 0.6 is 15.9 Å². The van der Waals surface area contributed by atoms with Gasteiger partial charge in [-0.25, -0.2) is 9.67 Å². The molecule has 7 heteroatoms. The maximum atomic E-state index is 11.2. The molecule has 6 nitrogen and oxygen atoms in total. The number of esters is 1. The molecule has 1 aromatic heterocycles. The van der Waals surface area contributed by atoms with Crippen molar-refractivity contribution >= 4 is 21.9 Å². The lowest BCUT2D eigenvalue weighted by Gasteiger charge is -2.11. The maximum absolute atomic E-state index is 11.2. The Morgan fingerprint density at radius 3 is 2.94 bits per heavy atom. The lowest BCUT2D eigenvalue weighted by molar-refractivity contribution is -0.139. The topological polar surface area (TPSA) is 69.0 Å². The first-order chi connectivity index (χ1) is 8.54. The number of hydrogen-bond acceptors (Lipinski definition) is 5. The minimum atomic E-state index is -0.344. The third-order valence-electron chi connectivity index (χ3n) is 2.30. The van der Waals surface area contributed by atoms with Gasteiger partial charge in [-0.2, -0.15) is 5.10 Å². The Kier molecular flexibility index (Phi) is 6.28. The Balaban J connectivity index is 2.39. The van der Waals surface area contributed by atoms with Gasteiger partial charge in [0.2, 0.25) is 0 Å². The number of hydrogen-bond donors (Lipinski definition) is 1. The van der Waals surface area contributed by atoms with E-state index in [1.54, 1.807) is 6.33 Å². The van der Waals surface area contributed by atoms with Crippen LogP contribution in [0.2, 0.25) is 0 Å². The number of ether oxygens (including phenoxy) is 1. The zero-order chi connectivity index (χ0) is 13.5. The summed E-state index contributed by atoms with van der Waals surface area (Å²) in [6.45, 7) is 6.16. The minimum Gasteiger partial charge on any atom is -0.468 e. The molecule has 1 atom stereocenters. The molecule has 0 saturated heterocycles. The largest absolute Gasteiger partial charge is 0.468 e. The summed E-state index contributed by atoms with van der Waals surface area (Å²) in [4.78, 5) is 15.0. The average Bonchev–Trinajstić information content (AvgIpc) is 2.74. The summed E-state index contributed by atoms with van der Waals surface area (Å²) < 4.78 is 6.49. The third kappa shape index (κ3) is 4.73. The van der Waals surface area contributed by atoms with Crippen molar-refractivity contribution in [1.29, 1.82) is 0 Å². The first-order valence-electron chi connectivity index (χ1n) is 5.84. The predicted molar refractivity (Wildman–Crippen MR) is 71.3 cm³/mol. The number of halogens is 1. The molecular weight excluding hydrogens is 300 g/mol. The maximum Gasteiger partial charge on any atom is 0.320 e. The second-order valence-electron chi connectivity index (χ2n) is 4.37. The molecule has 1 aromatic rings. The minimum absolute atomic E-state index is 0.286. The first-order valence-corrected chi connectivity index (χ1v) is 6.75. The summed E-state index contributed by atoms with van der Waals surface area (Å²) in [7, 11) is 1.37. The predicted octanol–water partition coefficient (Wildman–Crippen LogP) is 0.960. The highest BCUT2D eigenvalue weighted by atomic mass is 79.9. The number of alkyl halides is 1. The zero-order valence-corrected chi connectivity index (χ0v) is 12.5. The first kappa shape index (κ1) is 15.1. The summed E-state index contributed by atoms with van der Waals surface area (Å²) in [5.41, 5.74) is 0. The SMILES string of the molecule is COC(=O)C(Br)CNCc1ncnn1CC(C)C. The molecule has 1 rings (SSSR count). The molecule has 1 heterocycles. The monoisotopic (exact) mass is 318 g/mol. The Morgan fingerprint density at radius 1 is 1.61 bits per heavy atom. The lowest BCUT2D eigenvalue weighted by Crippen LogP contribution is -2.30. The van der Waals surface area contributed by atoms with Crippen molar-refractivity contribution in [3.63, 3.8) is 0 Å². The van der Waals surface area contributed by atoms with Crippen LogP contribution < -0.4 is 5.32 Å². The molecule has 0 amide bonds. The normalized spacial score (nSPS) is 12.7. The lowest BCUT2D eigenvalue weighted by atomic mass is 10.2. The van der Waals surface area contributed by atoms with Crippen molar-refractivity contribution < 1.29 is 9.53 Å². The van der Waals surface area contributed by atoms with E-state index in [2.05, 4.69) is 49.9 Å². The highest BCUT2D eigenvalue weighted by Gasteiger charge is 2.14. The smallest absolute Gasteiger partial charge is 0.320 e. The molecular formula is C11H19BrN4O2. The van der Waals surface area contributed by atoms with Gasteiger partial charge in [0.25, 0.3) is 0 Å².